The molecule has 2 aromatic rings. The normalized spacial score (nSPS) is 22.0. The van der Waals surface area contributed by atoms with E-state index in [0.717, 1.165) is 23.2 Å². The van der Waals surface area contributed by atoms with Crippen molar-refractivity contribution in [3.05, 3.63) is 59.2 Å². The van der Waals surface area contributed by atoms with Crippen molar-refractivity contribution in [1.82, 2.24) is 0 Å². The Morgan fingerprint density at radius 1 is 1.07 bits per heavy atom. The van der Waals surface area contributed by atoms with Gasteiger partial charge in [-0.1, -0.05) is 12.2 Å². The third-order valence-electron chi connectivity index (χ3n) is 5.69. The number of allylic oxidation sites excluding steroid dienone is 2. The predicted octanol–water partition coefficient (Wildman–Crippen LogP) is 3.64. The van der Waals surface area contributed by atoms with Crippen LogP contribution >= 0.6 is 0 Å². The number of carbonyl (C=O) groups is 1. The Morgan fingerprint density at radius 3 is 2.39 bits per heavy atom. The summed E-state index contributed by atoms with van der Waals surface area (Å²) < 4.78 is 16.5. The van der Waals surface area contributed by atoms with Crippen molar-refractivity contribution in [3.8, 4) is 17.2 Å². The number of ether oxygens (including phenoxy) is 3. The van der Waals surface area contributed by atoms with E-state index in [4.69, 9.17) is 19.9 Å². The summed E-state index contributed by atoms with van der Waals surface area (Å²) in [5.41, 5.74) is 9.20. The van der Waals surface area contributed by atoms with Crippen LogP contribution in [-0.2, 0) is 0 Å². The van der Waals surface area contributed by atoms with Crippen LogP contribution in [0.2, 0.25) is 0 Å². The van der Waals surface area contributed by atoms with Crippen LogP contribution in [0.15, 0.2) is 42.5 Å². The van der Waals surface area contributed by atoms with Gasteiger partial charge in [0.05, 0.1) is 27.4 Å². The minimum atomic E-state index is -0.409. The number of rotatable bonds is 5. The van der Waals surface area contributed by atoms with Gasteiger partial charge in [-0.2, -0.15) is 0 Å². The second-order valence-electron chi connectivity index (χ2n) is 7.10. The molecule has 6 heteroatoms. The van der Waals surface area contributed by atoms with E-state index in [9.17, 15) is 4.79 Å². The van der Waals surface area contributed by atoms with Crippen LogP contribution in [0.5, 0.6) is 17.2 Å². The number of anilines is 1. The second-order valence-corrected chi connectivity index (χ2v) is 7.10. The highest BCUT2D eigenvalue weighted by Crippen LogP contribution is 2.51. The Hall–Kier alpha value is -3.15. The molecule has 1 amide bonds. The highest BCUT2D eigenvalue weighted by Gasteiger charge is 2.38. The molecule has 2 aromatic carbocycles. The van der Waals surface area contributed by atoms with Crippen molar-refractivity contribution in [2.75, 3.05) is 26.6 Å². The molecule has 0 bridgehead atoms. The Labute approximate surface area is 164 Å². The van der Waals surface area contributed by atoms with E-state index in [1.165, 1.54) is 0 Å². The molecule has 1 heterocycles. The molecule has 0 fully saturated rings. The minimum Gasteiger partial charge on any atom is -0.493 e. The fraction of sp³-hybridized carbons (Fsp3) is 0.318. The van der Waals surface area contributed by atoms with Crippen LogP contribution in [0.1, 0.15) is 39.9 Å². The van der Waals surface area contributed by atoms with Gasteiger partial charge >= 0.3 is 0 Å². The molecule has 0 spiro atoms. The van der Waals surface area contributed by atoms with Gasteiger partial charge in [0.25, 0.3) is 0 Å². The molecule has 3 unspecified atom stereocenters. The van der Waals surface area contributed by atoms with Crippen LogP contribution in [0.25, 0.3) is 0 Å². The Balaban J connectivity index is 1.79. The molecule has 146 valence electrons. The standard InChI is InChI=1S/C22H24N2O4/c1-26-18-10-13(11-19(27-2)21(18)28-3)20-15-6-4-5-14(15)16-9-12(22(23)25)7-8-17(16)24-20/h4-5,7-11,14-15,20,24H,6H2,1-3H3,(H2,23,25). The number of amides is 1. The van der Waals surface area contributed by atoms with Gasteiger partial charge in [-0.3, -0.25) is 4.79 Å². The van der Waals surface area contributed by atoms with Crippen LogP contribution < -0.4 is 25.3 Å². The second kappa shape index (κ2) is 7.11. The summed E-state index contributed by atoms with van der Waals surface area (Å²) in [6.07, 6.45) is 5.37. The minimum absolute atomic E-state index is 0.0700. The molecule has 0 radical (unpaired) electrons. The Morgan fingerprint density at radius 2 is 1.79 bits per heavy atom. The maximum absolute atomic E-state index is 11.6. The van der Waals surface area contributed by atoms with Crippen LogP contribution in [-0.4, -0.2) is 27.2 Å². The molecule has 1 aliphatic heterocycles. The van der Waals surface area contributed by atoms with Crippen molar-refractivity contribution >= 4 is 11.6 Å². The molecule has 2 aliphatic rings. The van der Waals surface area contributed by atoms with Crippen LogP contribution in [0, 0.1) is 5.92 Å². The van der Waals surface area contributed by atoms with E-state index in [1.807, 2.05) is 24.3 Å². The zero-order chi connectivity index (χ0) is 19.8. The van der Waals surface area contributed by atoms with Gasteiger partial charge in [0.1, 0.15) is 0 Å². The number of nitrogens with one attached hydrogen (secondary N) is 1. The first-order chi connectivity index (χ1) is 13.6. The third-order valence-corrected chi connectivity index (χ3v) is 5.69. The monoisotopic (exact) mass is 380 g/mol. The molecular weight excluding hydrogens is 356 g/mol. The fourth-order valence-corrected chi connectivity index (χ4v) is 4.36. The van der Waals surface area contributed by atoms with E-state index in [-0.39, 0.29) is 12.0 Å². The molecule has 0 saturated heterocycles. The zero-order valence-electron chi connectivity index (χ0n) is 16.2. The van der Waals surface area contributed by atoms with Gasteiger partial charge in [0.2, 0.25) is 11.7 Å². The number of hydrogen-bond acceptors (Lipinski definition) is 5. The number of fused-ring (bicyclic) bond motifs is 3. The van der Waals surface area contributed by atoms with Crippen molar-refractivity contribution in [2.24, 2.45) is 11.7 Å². The maximum atomic E-state index is 11.6. The van der Waals surface area contributed by atoms with E-state index in [0.29, 0.717) is 28.7 Å². The number of carbonyl (C=O) groups excluding carboxylic acids is 1. The van der Waals surface area contributed by atoms with Crippen LogP contribution in [0.4, 0.5) is 5.69 Å². The number of nitrogens with two attached hydrogens (primary N) is 1. The largest absolute Gasteiger partial charge is 0.493 e. The first-order valence-corrected chi connectivity index (χ1v) is 9.24. The Bertz CT molecular complexity index is 929. The number of hydrogen-bond donors (Lipinski definition) is 2. The SMILES string of the molecule is COc1cc(C2Nc3ccc(C(N)=O)cc3C3C=CCC32)cc(OC)c1OC. The van der Waals surface area contributed by atoms with E-state index >= 15 is 0 Å². The lowest BCUT2D eigenvalue weighted by molar-refractivity contribution is 0.1000. The summed E-state index contributed by atoms with van der Waals surface area (Å²) in [7, 11) is 4.84. The predicted molar refractivity (Wildman–Crippen MR) is 107 cm³/mol. The summed E-state index contributed by atoms with van der Waals surface area (Å²) in [6, 6.07) is 9.67. The highest BCUT2D eigenvalue weighted by molar-refractivity contribution is 5.93. The molecule has 3 N–H and O–H groups in total. The topological polar surface area (TPSA) is 82.8 Å². The first-order valence-electron chi connectivity index (χ1n) is 9.24. The van der Waals surface area contributed by atoms with Crippen molar-refractivity contribution in [2.45, 2.75) is 18.4 Å². The summed E-state index contributed by atoms with van der Waals surface area (Å²) in [5, 5.41) is 3.65. The quantitative estimate of drug-likeness (QED) is 0.774. The lowest BCUT2D eigenvalue weighted by Gasteiger charge is -2.38. The molecule has 4 rings (SSSR count). The average Bonchev–Trinajstić information content (AvgIpc) is 3.21. The van der Waals surface area contributed by atoms with Gasteiger partial charge in [-0.25, -0.2) is 0 Å². The third kappa shape index (κ3) is 2.85. The highest BCUT2D eigenvalue weighted by atomic mass is 16.5. The Kier molecular flexibility index (Phi) is 4.63. The van der Waals surface area contributed by atoms with Crippen molar-refractivity contribution in [1.29, 1.82) is 0 Å². The van der Waals surface area contributed by atoms with Crippen LogP contribution in [0.3, 0.4) is 0 Å². The number of benzene rings is 2. The number of methoxy groups -OCH3 is 3. The summed E-state index contributed by atoms with van der Waals surface area (Å²) in [6.45, 7) is 0. The lowest BCUT2D eigenvalue weighted by atomic mass is 9.76. The van der Waals surface area contributed by atoms with Gasteiger partial charge in [0.15, 0.2) is 11.5 Å². The molecule has 0 saturated carbocycles. The number of primary amides is 1. The summed E-state index contributed by atoms with van der Waals surface area (Å²) >= 11 is 0. The molecule has 6 nitrogen and oxygen atoms in total. The average molecular weight is 380 g/mol. The zero-order valence-corrected chi connectivity index (χ0v) is 16.2. The lowest BCUT2D eigenvalue weighted by Crippen LogP contribution is -2.29. The van der Waals surface area contributed by atoms with E-state index < -0.39 is 5.91 Å². The first kappa shape index (κ1) is 18.2. The van der Waals surface area contributed by atoms with Gasteiger partial charge in [-0.05, 0) is 53.8 Å². The van der Waals surface area contributed by atoms with Crippen molar-refractivity contribution < 1.29 is 19.0 Å². The van der Waals surface area contributed by atoms with Gasteiger partial charge < -0.3 is 25.3 Å². The van der Waals surface area contributed by atoms with Crippen molar-refractivity contribution in [3.63, 3.8) is 0 Å². The molecule has 28 heavy (non-hydrogen) atoms. The molecule has 3 atom stereocenters. The van der Waals surface area contributed by atoms with E-state index in [2.05, 4.69) is 17.5 Å². The summed E-state index contributed by atoms with van der Waals surface area (Å²) in [4.78, 5) is 11.6. The maximum Gasteiger partial charge on any atom is 0.248 e. The molecule has 0 aromatic heterocycles. The van der Waals surface area contributed by atoms with Gasteiger partial charge in [-0.15, -0.1) is 0 Å². The molecular formula is C22H24N2O4. The summed E-state index contributed by atoms with van der Waals surface area (Å²) in [5.74, 6) is 1.98. The molecule has 1 aliphatic carbocycles. The van der Waals surface area contributed by atoms with E-state index in [1.54, 1.807) is 27.4 Å². The fourth-order valence-electron chi connectivity index (χ4n) is 4.36. The van der Waals surface area contributed by atoms with Gasteiger partial charge in [0, 0.05) is 17.2 Å². The smallest absolute Gasteiger partial charge is 0.248 e.